The molecular formula is C20H23NO6S. The monoisotopic (exact) mass is 405 g/mol. The highest BCUT2D eigenvalue weighted by Crippen LogP contribution is 2.34. The summed E-state index contributed by atoms with van der Waals surface area (Å²) in [5.41, 5.74) is 1.35. The van der Waals surface area contributed by atoms with Crippen molar-refractivity contribution >= 4 is 34.2 Å². The van der Waals surface area contributed by atoms with Gasteiger partial charge in [-0.1, -0.05) is 19.1 Å². The maximum Gasteiger partial charge on any atom is 0.342 e. The van der Waals surface area contributed by atoms with Gasteiger partial charge in [0, 0.05) is 4.88 Å². The number of hydrogen-bond acceptors (Lipinski definition) is 7. The average molecular weight is 405 g/mol. The number of carbonyl (C=O) groups is 3. The van der Waals surface area contributed by atoms with Crippen LogP contribution in [0.25, 0.3) is 0 Å². The molecule has 150 valence electrons. The van der Waals surface area contributed by atoms with Crippen molar-refractivity contribution in [1.29, 1.82) is 0 Å². The minimum Gasteiger partial charge on any atom is -0.496 e. The third-order valence-electron chi connectivity index (χ3n) is 3.96. The Labute approximate surface area is 167 Å². The topological polar surface area (TPSA) is 90.9 Å². The molecule has 7 nitrogen and oxygen atoms in total. The molecule has 8 heteroatoms. The van der Waals surface area contributed by atoms with E-state index in [-0.39, 0.29) is 12.2 Å². The molecule has 1 aromatic heterocycles. The first-order valence-electron chi connectivity index (χ1n) is 8.82. The van der Waals surface area contributed by atoms with E-state index in [2.05, 4.69) is 5.32 Å². The summed E-state index contributed by atoms with van der Waals surface area (Å²) in [6.07, 6.45) is 0.724. The van der Waals surface area contributed by atoms with Gasteiger partial charge in [0.1, 0.15) is 16.3 Å². The Morgan fingerprint density at radius 1 is 1.07 bits per heavy atom. The molecule has 2 aromatic rings. The van der Waals surface area contributed by atoms with Crippen molar-refractivity contribution in [1.82, 2.24) is 0 Å². The van der Waals surface area contributed by atoms with Gasteiger partial charge in [-0.15, -0.1) is 11.3 Å². The Morgan fingerprint density at radius 3 is 2.43 bits per heavy atom. The zero-order valence-electron chi connectivity index (χ0n) is 16.3. The van der Waals surface area contributed by atoms with Gasteiger partial charge in [-0.25, -0.2) is 9.59 Å². The highest BCUT2D eigenvalue weighted by molar-refractivity contribution is 7.17. The summed E-state index contributed by atoms with van der Waals surface area (Å²) in [4.78, 5) is 37.7. The molecule has 0 atom stereocenters. The summed E-state index contributed by atoms with van der Waals surface area (Å²) in [5.74, 6) is -1.34. The molecule has 0 aliphatic rings. The number of anilines is 1. The number of esters is 2. The number of benzene rings is 1. The molecule has 28 heavy (non-hydrogen) atoms. The Hall–Kier alpha value is -2.87. The molecule has 1 N–H and O–H groups in total. The molecule has 1 aromatic carbocycles. The SMILES string of the molecule is CCOC(=O)c1c(NC(=O)COC(=O)c2ccccc2OC)sc(CC)c1C. The zero-order chi connectivity index (χ0) is 20.7. The van der Waals surface area contributed by atoms with Crippen molar-refractivity contribution in [2.45, 2.75) is 27.2 Å². The summed E-state index contributed by atoms with van der Waals surface area (Å²) < 4.78 is 15.3. The van der Waals surface area contributed by atoms with Crippen LogP contribution in [0.4, 0.5) is 5.00 Å². The lowest BCUT2D eigenvalue weighted by molar-refractivity contribution is -0.119. The Morgan fingerprint density at radius 2 is 1.79 bits per heavy atom. The number of methoxy groups -OCH3 is 1. The second-order valence-corrected chi connectivity index (χ2v) is 6.86. The molecule has 0 bridgehead atoms. The van der Waals surface area contributed by atoms with Gasteiger partial charge in [0.2, 0.25) is 0 Å². The molecule has 0 aliphatic heterocycles. The van der Waals surface area contributed by atoms with E-state index in [1.54, 1.807) is 31.2 Å². The lowest BCUT2D eigenvalue weighted by Crippen LogP contribution is -2.22. The van der Waals surface area contributed by atoms with Gasteiger partial charge < -0.3 is 19.5 Å². The second-order valence-electron chi connectivity index (χ2n) is 5.75. The average Bonchev–Trinajstić information content (AvgIpc) is 3.01. The molecule has 2 rings (SSSR count). The molecule has 0 spiro atoms. The predicted octanol–water partition coefficient (Wildman–Crippen LogP) is 3.60. The van der Waals surface area contributed by atoms with E-state index in [4.69, 9.17) is 14.2 Å². The number of rotatable bonds is 8. The van der Waals surface area contributed by atoms with Crippen molar-refractivity contribution in [2.75, 3.05) is 25.6 Å². The van der Waals surface area contributed by atoms with Crippen LogP contribution >= 0.6 is 11.3 Å². The maximum absolute atomic E-state index is 12.3. The van der Waals surface area contributed by atoms with Crippen molar-refractivity contribution in [3.05, 3.63) is 45.8 Å². The number of aryl methyl sites for hydroxylation is 1. The fourth-order valence-corrected chi connectivity index (χ4v) is 3.77. The van der Waals surface area contributed by atoms with Gasteiger partial charge in [0.05, 0.1) is 19.3 Å². The number of carbonyl (C=O) groups excluding carboxylic acids is 3. The normalized spacial score (nSPS) is 10.3. The van der Waals surface area contributed by atoms with Gasteiger partial charge in [0.25, 0.3) is 5.91 Å². The van der Waals surface area contributed by atoms with E-state index >= 15 is 0 Å². The van der Waals surface area contributed by atoms with Crippen LogP contribution in [-0.4, -0.2) is 38.2 Å². The van der Waals surface area contributed by atoms with Crippen LogP contribution in [-0.2, 0) is 20.7 Å². The van der Waals surface area contributed by atoms with Gasteiger partial charge in [-0.2, -0.15) is 0 Å². The Kier molecular flexibility index (Phi) is 7.57. The fraction of sp³-hybridized carbons (Fsp3) is 0.350. The zero-order valence-corrected chi connectivity index (χ0v) is 17.1. The third kappa shape index (κ3) is 4.89. The summed E-state index contributed by atoms with van der Waals surface area (Å²) in [6, 6.07) is 6.58. The largest absolute Gasteiger partial charge is 0.496 e. The Balaban J connectivity index is 2.09. The first-order valence-corrected chi connectivity index (χ1v) is 9.63. The molecule has 1 amide bonds. The van der Waals surface area contributed by atoms with Crippen LogP contribution in [0.5, 0.6) is 5.75 Å². The lowest BCUT2D eigenvalue weighted by Gasteiger charge is -2.09. The van der Waals surface area contributed by atoms with Gasteiger partial charge in [-0.3, -0.25) is 4.79 Å². The molecule has 0 saturated carbocycles. The van der Waals surface area contributed by atoms with E-state index in [1.807, 2.05) is 13.8 Å². The summed E-state index contributed by atoms with van der Waals surface area (Å²) >= 11 is 1.31. The predicted molar refractivity (Wildman–Crippen MR) is 106 cm³/mol. The molecule has 0 saturated heterocycles. The number of para-hydroxylation sites is 1. The molecule has 0 radical (unpaired) electrons. The number of amides is 1. The number of thiophene rings is 1. The number of nitrogens with one attached hydrogen (secondary N) is 1. The maximum atomic E-state index is 12.3. The second kappa shape index (κ2) is 9.89. The highest BCUT2D eigenvalue weighted by atomic mass is 32.1. The molecule has 0 fully saturated rings. The molecule has 1 heterocycles. The van der Waals surface area contributed by atoms with Crippen LogP contribution in [0.1, 0.15) is 45.0 Å². The molecule has 0 aliphatic carbocycles. The first-order chi connectivity index (χ1) is 13.4. The van der Waals surface area contributed by atoms with E-state index in [0.717, 1.165) is 16.9 Å². The molecule has 0 unspecified atom stereocenters. The van der Waals surface area contributed by atoms with E-state index < -0.39 is 24.5 Å². The van der Waals surface area contributed by atoms with Crippen LogP contribution in [0.2, 0.25) is 0 Å². The van der Waals surface area contributed by atoms with E-state index in [1.165, 1.54) is 18.4 Å². The minimum atomic E-state index is -0.671. The van der Waals surface area contributed by atoms with Gasteiger partial charge >= 0.3 is 11.9 Å². The Bertz CT molecular complexity index is 874. The van der Waals surface area contributed by atoms with Gasteiger partial charge in [-0.05, 0) is 38.0 Å². The summed E-state index contributed by atoms with van der Waals surface area (Å²) in [7, 11) is 1.44. The van der Waals surface area contributed by atoms with Gasteiger partial charge in [0.15, 0.2) is 6.61 Å². The van der Waals surface area contributed by atoms with Crippen LogP contribution < -0.4 is 10.1 Å². The molecular weight excluding hydrogens is 382 g/mol. The van der Waals surface area contributed by atoms with Crippen molar-refractivity contribution < 1.29 is 28.6 Å². The number of hydrogen-bond donors (Lipinski definition) is 1. The van der Waals surface area contributed by atoms with Crippen molar-refractivity contribution in [2.24, 2.45) is 0 Å². The summed E-state index contributed by atoms with van der Waals surface area (Å²) in [5, 5.41) is 3.05. The quantitative estimate of drug-likeness (QED) is 0.675. The van der Waals surface area contributed by atoms with Crippen LogP contribution in [0.15, 0.2) is 24.3 Å². The highest BCUT2D eigenvalue weighted by Gasteiger charge is 2.23. The standard InChI is InChI=1S/C20H23NO6S/c1-5-15-12(3)17(20(24)26-6-2)18(28-15)21-16(22)11-27-19(23)13-9-7-8-10-14(13)25-4/h7-10H,5-6,11H2,1-4H3,(H,21,22). The van der Waals surface area contributed by atoms with Crippen LogP contribution in [0, 0.1) is 6.92 Å². The first kappa shape index (κ1) is 21.4. The minimum absolute atomic E-state index is 0.227. The summed E-state index contributed by atoms with van der Waals surface area (Å²) in [6.45, 7) is 5.25. The smallest absolute Gasteiger partial charge is 0.342 e. The fourth-order valence-electron chi connectivity index (χ4n) is 2.62. The van der Waals surface area contributed by atoms with Crippen molar-refractivity contribution in [3.8, 4) is 5.75 Å². The van der Waals surface area contributed by atoms with E-state index in [9.17, 15) is 14.4 Å². The number of ether oxygens (including phenoxy) is 3. The van der Waals surface area contributed by atoms with E-state index in [0.29, 0.717) is 16.3 Å². The van der Waals surface area contributed by atoms with Crippen LogP contribution in [0.3, 0.4) is 0 Å². The lowest BCUT2D eigenvalue weighted by atomic mass is 10.1. The van der Waals surface area contributed by atoms with Crippen molar-refractivity contribution in [3.63, 3.8) is 0 Å². The third-order valence-corrected chi connectivity index (χ3v) is 5.31.